The first-order chi connectivity index (χ1) is 9.46. The highest BCUT2D eigenvalue weighted by molar-refractivity contribution is 5.99. The lowest BCUT2D eigenvalue weighted by molar-refractivity contribution is 0.0597. The average molecular weight is 281 g/mol. The van der Waals surface area contributed by atoms with E-state index in [4.69, 9.17) is 4.74 Å². The Morgan fingerprint density at radius 2 is 2.15 bits per heavy atom. The predicted molar refractivity (Wildman–Crippen MR) is 70.1 cm³/mol. The van der Waals surface area contributed by atoms with Gasteiger partial charge in [0.05, 0.1) is 12.7 Å². The summed E-state index contributed by atoms with van der Waals surface area (Å²) in [5, 5.41) is 0. The van der Waals surface area contributed by atoms with Crippen molar-refractivity contribution in [1.82, 2.24) is 4.90 Å². The summed E-state index contributed by atoms with van der Waals surface area (Å²) in [4.78, 5) is 14.4. The number of alkyl halides is 2. The molecule has 2 bridgehead atoms. The molecule has 4 rings (SSSR count). The van der Waals surface area contributed by atoms with Gasteiger partial charge in [0.1, 0.15) is 5.75 Å². The number of amides is 1. The molecule has 0 atom stereocenters. The van der Waals surface area contributed by atoms with Gasteiger partial charge in [0.15, 0.2) is 0 Å². The van der Waals surface area contributed by atoms with Gasteiger partial charge >= 0.3 is 0 Å². The van der Waals surface area contributed by atoms with E-state index >= 15 is 0 Å². The van der Waals surface area contributed by atoms with Crippen LogP contribution in [0.2, 0.25) is 0 Å². The Kier molecular flexibility index (Phi) is 2.96. The van der Waals surface area contributed by atoms with E-state index in [1.165, 1.54) is 19.2 Å². The first-order valence-corrected chi connectivity index (χ1v) is 6.73. The van der Waals surface area contributed by atoms with Crippen molar-refractivity contribution in [2.24, 2.45) is 5.92 Å². The molecule has 0 unspecified atom stereocenters. The minimum Gasteiger partial charge on any atom is -0.496 e. The molecule has 108 valence electrons. The topological polar surface area (TPSA) is 29.5 Å². The number of halogens is 2. The van der Waals surface area contributed by atoms with Crippen LogP contribution >= 0.6 is 0 Å². The number of benzene rings is 1. The van der Waals surface area contributed by atoms with Crippen LogP contribution in [0.5, 0.6) is 5.75 Å². The van der Waals surface area contributed by atoms with Crippen LogP contribution in [0.1, 0.15) is 42.1 Å². The molecule has 1 aliphatic carbocycles. The molecule has 2 heterocycles. The summed E-state index contributed by atoms with van der Waals surface area (Å²) in [7, 11) is 1.40. The summed E-state index contributed by atoms with van der Waals surface area (Å²) < 4.78 is 31.5. The van der Waals surface area contributed by atoms with Crippen molar-refractivity contribution in [3.8, 4) is 5.75 Å². The van der Waals surface area contributed by atoms with Gasteiger partial charge in [0.25, 0.3) is 12.3 Å². The van der Waals surface area contributed by atoms with Crippen molar-refractivity contribution in [3.05, 3.63) is 29.3 Å². The van der Waals surface area contributed by atoms with Gasteiger partial charge in [0, 0.05) is 17.6 Å². The molecule has 0 radical (unpaired) electrons. The smallest absolute Gasteiger partial charge is 0.264 e. The summed E-state index contributed by atoms with van der Waals surface area (Å²) in [6, 6.07) is 4.34. The molecule has 3 aliphatic rings. The van der Waals surface area contributed by atoms with Crippen molar-refractivity contribution in [2.75, 3.05) is 13.7 Å². The number of rotatable bonds is 3. The maximum Gasteiger partial charge on any atom is 0.264 e. The van der Waals surface area contributed by atoms with Gasteiger partial charge in [-0.2, -0.15) is 0 Å². The van der Waals surface area contributed by atoms with Crippen molar-refractivity contribution in [2.45, 2.75) is 31.7 Å². The molecule has 20 heavy (non-hydrogen) atoms. The number of fused-ring (bicyclic) bond motifs is 1. The highest BCUT2D eigenvalue weighted by Crippen LogP contribution is 2.51. The van der Waals surface area contributed by atoms with Crippen LogP contribution in [0.15, 0.2) is 18.2 Å². The van der Waals surface area contributed by atoms with Crippen LogP contribution in [-0.2, 0) is 0 Å². The Morgan fingerprint density at radius 1 is 1.45 bits per heavy atom. The number of methoxy groups -OCH3 is 1. The van der Waals surface area contributed by atoms with Crippen LogP contribution in [0, 0.1) is 5.92 Å². The number of nitrogens with zero attached hydrogens (tertiary/aromatic N) is 1. The monoisotopic (exact) mass is 281 g/mol. The maximum absolute atomic E-state index is 13.2. The summed E-state index contributed by atoms with van der Waals surface area (Å²) in [6.45, 7) is 2.68. The van der Waals surface area contributed by atoms with Crippen LogP contribution in [-0.4, -0.2) is 30.0 Å². The second-order valence-electron chi connectivity index (χ2n) is 5.91. The molecular formula is C15H17F2NO2. The van der Waals surface area contributed by atoms with E-state index in [9.17, 15) is 13.6 Å². The van der Waals surface area contributed by atoms with Crippen LogP contribution in [0.4, 0.5) is 8.78 Å². The van der Waals surface area contributed by atoms with Gasteiger partial charge in [-0.3, -0.25) is 4.79 Å². The van der Waals surface area contributed by atoms with E-state index < -0.39 is 6.43 Å². The fourth-order valence-corrected chi connectivity index (χ4v) is 3.60. The molecule has 3 fully saturated rings. The van der Waals surface area contributed by atoms with Gasteiger partial charge < -0.3 is 9.64 Å². The van der Waals surface area contributed by atoms with Gasteiger partial charge in [-0.05, 0) is 31.7 Å². The van der Waals surface area contributed by atoms with E-state index in [1.54, 1.807) is 11.0 Å². The molecule has 2 saturated heterocycles. The summed E-state index contributed by atoms with van der Waals surface area (Å²) in [6.07, 6.45) is -0.745. The van der Waals surface area contributed by atoms with E-state index in [0.717, 1.165) is 12.8 Å². The molecule has 2 aliphatic heterocycles. The molecule has 5 heteroatoms. The van der Waals surface area contributed by atoms with E-state index in [0.29, 0.717) is 12.5 Å². The zero-order chi connectivity index (χ0) is 14.5. The number of carbonyl (C=O) groups is 1. The molecule has 3 nitrogen and oxygen atoms in total. The highest BCUT2D eigenvalue weighted by Gasteiger charge is 2.55. The lowest BCUT2D eigenvalue weighted by atomic mass is 9.75. The molecule has 1 saturated carbocycles. The Balaban J connectivity index is 2.02. The molecule has 0 spiro atoms. The maximum atomic E-state index is 13.2. The van der Waals surface area contributed by atoms with Gasteiger partial charge in [-0.15, -0.1) is 0 Å². The minimum atomic E-state index is -2.69. The van der Waals surface area contributed by atoms with Gasteiger partial charge in [-0.1, -0.05) is 12.1 Å². The number of hydrogen-bond acceptors (Lipinski definition) is 2. The molecule has 0 N–H and O–H groups in total. The Hall–Kier alpha value is -1.65. The van der Waals surface area contributed by atoms with Crippen molar-refractivity contribution in [1.29, 1.82) is 0 Å². The second-order valence-corrected chi connectivity index (χ2v) is 5.91. The predicted octanol–water partition coefficient (Wildman–Crippen LogP) is 3.26. The SMILES string of the molecule is COc1cccc(C(F)F)c1C(=O)N1CC2CC1(C)C2. The first kappa shape index (κ1) is 13.3. The quantitative estimate of drug-likeness (QED) is 0.851. The third-order valence-electron chi connectivity index (χ3n) is 4.52. The lowest BCUT2D eigenvalue weighted by Crippen LogP contribution is -2.45. The van der Waals surface area contributed by atoms with Crippen molar-refractivity contribution >= 4 is 5.91 Å². The van der Waals surface area contributed by atoms with Crippen molar-refractivity contribution < 1.29 is 18.3 Å². The number of carbonyl (C=O) groups excluding carboxylic acids is 1. The Labute approximate surface area is 116 Å². The fraction of sp³-hybridized carbons (Fsp3) is 0.533. The highest BCUT2D eigenvalue weighted by atomic mass is 19.3. The van der Waals surface area contributed by atoms with E-state index in [1.807, 2.05) is 6.92 Å². The van der Waals surface area contributed by atoms with Crippen LogP contribution in [0.25, 0.3) is 0 Å². The van der Waals surface area contributed by atoms with E-state index in [-0.39, 0.29) is 28.3 Å². The largest absolute Gasteiger partial charge is 0.496 e. The molecule has 0 aromatic heterocycles. The molecule has 1 aromatic rings. The van der Waals surface area contributed by atoms with Gasteiger partial charge in [-0.25, -0.2) is 8.78 Å². The van der Waals surface area contributed by atoms with Crippen LogP contribution < -0.4 is 4.74 Å². The minimum absolute atomic E-state index is 0.0128. The summed E-state index contributed by atoms with van der Waals surface area (Å²) in [5.74, 6) is 0.411. The zero-order valence-electron chi connectivity index (χ0n) is 11.5. The zero-order valence-corrected chi connectivity index (χ0v) is 11.5. The molecule has 1 aromatic carbocycles. The molecular weight excluding hydrogens is 264 g/mol. The Morgan fingerprint density at radius 3 is 2.65 bits per heavy atom. The normalized spacial score (nSPS) is 27.6. The third kappa shape index (κ3) is 1.79. The number of ether oxygens (including phenoxy) is 1. The standard InChI is InChI=1S/C15H17F2NO2/c1-15-6-9(7-15)8-18(15)14(19)12-10(13(16)17)4-3-5-11(12)20-2/h3-5,9,13H,6-8H2,1-2H3. The lowest BCUT2D eigenvalue weighted by Gasteiger charge is -2.39. The Bertz CT molecular complexity index is 553. The summed E-state index contributed by atoms with van der Waals surface area (Å²) >= 11 is 0. The van der Waals surface area contributed by atoms with Crippen molar-refractivity contribution in [3.63, 3.8) is 0 Å². The molecule has 1 amide bonds. The fourth-order valence-electron chi connectivity index (χ4n) is 3.60. The number of hydrogen-bond donors (Lipinski definition) is 0. The van der Waals surface area contributed by atoms with Gasteiger partial charge in [0.2, 0.25) is 0 Å². The average Bonchev–Trinajstić information content (AvgIpc) is 2.89. The summed E-state index contributed by atoms with van der Waals surface area (Å²) in [5.41, 5.74) is -0.400. The van der Waals surface area contributed by atoms with Crippen LogP contribution in [0.3, 0.4) is 0 Å². The first-order valence-electron chi connectivity index (χ1n) is 6.73. The third-order valence-corrected chi connectivity index (χ3v) is 4.52. The second kappa shape index (κ2) is 4.43. The van der Waals surface area contributed by atoms with E-state index in [2.05, 4.69) is 0 Å².